The molecule has 0 bridgehead atoms. The molecule has 0 saturated carbocycles. The van der Waals surface area contributed by atoms with Gasteiger partial charge in [-0.25, -0.2) is 0 Å². The van der Waals surface area contributed by atoms with Gasteiger partial charge < -0.3 is 5.32 Å². The Bertz CT molecular complexity index is 610. The number of amides is 1. The average molecular weight is 313 g/mol. The van der Waals surface area contributed by atoms with Crippen LogP contribution < -0.4 is 5.32 Å². The van der Waals surface area contributed by atoms with E-state index in [-0.39, 0.29) is 11.9 Å². The number of nitrogens with one attached hydrogen (secondary N) is 1. The molecular weight excluding hydrogens is 290 g/mol. The molecule has 0 saturated heterocycles. The third-order valence-electron chi connectivity index (χ3n) is 3.41. The van der Waals surface area contributed by atoms with E-state index >= 15 is 0 Å². The van der Waals surface area contributed by atoms with Crippen molar-refractivity contribution in [2.75, 3.05) is 0 Å². The molecule has 22 heavy (non-hydrogen) atoms. The van der Waals surface area contributed by atoms with E-state index in [9.17, 15) is 4.79 Å². The Morgan fingerprint density at radius 2 is 1.68 bits per heavy atom. The lowest BCUT2D eigenvalue weighted by Gasteiger charge is -2.19. The predicted octanol–water partition coefficient (Wildman–Crippen LogP) is 5.07. The molecular formula is C19H23NOS. The number of carbonyl (C=O) groups excluding carboxylic acids is 1. The molecule has 2 aromatic carbocycles. The van der Waals surface area contributed by atoms with Gasteiger partial charge in [0, 0.05) is 10.1 Å². The zero-order valence-corrected chi connectivity index (χ0v) is 14.2. The Hall–Kier alpha value is -1.74. The molecule has 2 rings (SSSR count). The van der Waals surface area contributed by atoms with E-state index in [1.807, 2.05) is 42.5 Å². The quantitative estimate of drug-likeness (QED) is 0.755. The average Bonchev–Trinajstić information content (AvgIpc) is 2.53. The summed E-state index contributed by atoms with van der Waals surface area (Å²) in [6, 6.07) is 18.0. The second-order valence-electron chi connectivity index (χ2n) is 5.51. The van der Waals surface area contributed by atoms with Crippen LogP contribution in [0.2, 0.25) is 0 Å². The van der Waals surface area contributed by atoms with Crippen molar-refractivity contribution in [2.45, 2.75) is 43.4 Å². The lowest BCUT2D eigenvalue weighted by atomic mass is 10.0. The Balaban J connectivity index is 2.18. The van der Waals surface area contributed by atoms with Crippen LogP contribution in [0.3, 0.4) is 0 Å². The van der Waals surface area contributed by atoms with Gasteiger partial charge in [-0.2, -0.15) is 0 Å². The molecule has 0 aliphatic rings. The van der Waals surface area contributed by atoms with Crippen LogP contribution in [0.1, 0.15) is 49.2 Å². The summed E-state index contributed by atoms with van der Waals surface area (Å²) in [5.74, 6) is -0.000506. The number of rotatable bonds is 6. The first-order valence-electron chi connectivity index (χ1n) is 7.73. The van der Waals surface area contributed by atoms with Crippen LogP contribution in [-0.4, -0.2) is 11.2 Å². The Morgan fingerprint density at radius 3 is 2.32 bits per heavy atom. The molecule has 0 fully saturated rings. The van der Waals surface area contributed by atoms with Gasteiger partial charge in [0.25, 0.3) is 5.91 Å². The monoisotopic (exact) mass is 313 g/mol. The van der Waals surface area contributed by atoms with E-state index < -0.39 is 0 Å². The summed E-state index contributed by atoms with van der Waals surface area (Å²) < 4.78 is 0. The first kappa shape index (κ1) is 16.6. The maximum Gasteiger partial charge on any atom is 0.252 e. The number of hydrogen-bond acceptors (Lipinski definition) is 2. The minimum absolute atomic E-state index is 0.000506. The summed E-state index contributed by atoms with van der Waals surface area (Å²) in [4.78, 5) is 13.7. The maximum absolute atomic E-state index is 12.7. The predicted molar refractivity (Wildman–Crippen MR) is 94.4 cm³/mol. The smallest absolute Gasteiger partial charge is 0.252 e. The van der Waals surface area contributed by atoms with Crippen molar-refractivity contribution in [2.24, 2.45) is 0 Å². The molecule has 0 heterocycles. The summed E-state index contributed by atoms with van der Waals surface area (Å²) in [6.07, 6.45) is 0.870. The van der Waals surface area contributed by atoms with Crippen molar-refractivity contribution >= 4 is 17.7 Å². The van der Waals surface area contributed by atoms with Gasteiger partial charge in [0.15, 0.2) is 0 Å². The zero-order valence-electron chi connectivity index (χ0n) is 13.4. The van der Waals surface area contributed by atoms with E-state index in [0.29, 0.717) is 5.25 Å². The van der Waals surface area contributed by atoms with Crippen molar-refractivity contribution < 1.29 is 4.79 Å². The Morgan fingerprint density at radius 1 is 1.05 bits per heavy atom. The highest BCUT2D eigenvalue weighted by atomic mass is 32.2. The topological polar surface area (TPSA) is 29.1 Å². The Kier molecular flexibility index (Phi) is 6.08. The van der Waals surface area contributed by atoms with Crippen LogP contribution in [0.15, 0.2) is 59.5 Å². The molecule has 0 aliphatic heterocycles. The fraction of sp³-hybridized carbons (Fsp3) is 0.316. The molecule has 0 radical (unpaired) electrons. The highest BCUT2D eigenvalue weighted by Crippen LogP contribution is 2.27. The van der Waals surface area contributed by atoms with Crippen LogP contribution in [0.5, 0.6) is 0 Å². The number of benzene rings is 2. The van der Waals surface area contributed by atoms with Crippen LogP contribution in [-0.2, 0) is 0 Å². The second-order valence-corrected chi connectivity index (χ2v) is 7.13. The van der Waals surface area contributed by atoms with Gasteiger partial charge in [-0.1, -0.05) is 63.2 Å². The van der Waals surface area contributed by atoms with Gasteiger partial charge in [-0.15, -0.1) is 11.8 Å². The van der Waals surface area contributed by atoms with Gasteiger partial charge in [-0.05, 0) is 24.1 Å². The van der Waals surface area contributed by atoms with Gasteiger partial charge >= 0.3 is 0 Å². The fourth-order valence-corrected chi connectivity index (χ4v) is 3.31. The van der Waals surface area contributed by atoms with Crippen LogP contribution in [0.4, 0.5) is 0 Å². The maximum atomic E-state index is 12.7. The Labute approximate surface area is 137 Å². The lowest BCUT2D eigenvalue weighted by Crippen LogP contribution is -2.28. The minimum Gasteiger partial charge on any atom is -0.345 e. The van der Waals surface area contributed by atoms with E-state index in [1.165, 1.54) is 0 Å². The summed E-state index contributed by atoms with van der Waals surface area (Å²) in [6.45, 7) is 6.36. The molecule has 2 aromatic rings. The van der Waals surface area contributed by atoms with Gasteiger partial charge in [0.05, 0.1) is 11.6 Å². The molecule has 1 atom stereocenters. The molecule has 116 valence electrons. The number of carbonyl (C=O) groups is 1. The first-order valence-corrected chi connectivity index (χ1v) is 8.61. The second kappa shape index (κ2) is 8.04. The van der Waals surface area contributed by atoms with Crippen LogP contribution >= 0.6 is 11.8 Å². The summed E-state index contributed by atoms with van der Waals surface area (Å²) in [5, 5.41) is 3.61. The van der Waals surface area contributed by atoms with Crippen molar-refractivity contribution in [1.82, 2.24) is 5.32 Å². The van der Waals surface area contributed by atoms with Crippen molar-refractivity contribution in [3.8, 4) is 0 Å². The minimum atomic E-state index is -0.000506. The lowest BCUT2D eigenvalue weighted by molar-refractivity contribution is 0.0932. The highest BCUT2D eigenvalue weighted by Gasteiger charge is 2.17. The highest BCUT2D eigenvalue weighted by molar-refractivity contribution is 8.00. The summed E-state index contributed by atoms with van der Waals surface area (Å²) in [5.41, 5.74) is 1.91. The van der Waals surface area contributed by atoms with E-state index in [4.69, 9.17) is 0 Å². The summed E-state index contributed by atoms with van der Waals surface area (Å²) in [7, 11) is 0. The third kappa shape index (κ3) is 4.38. The standard InChI is InChI=1S/C19H23NOS/c1-4-17(15-10-6-5-7-11-15)20-19(21)16-12-8-9-13-18(16)22-14(2)3/h5-14,17H,4H2,1-3H3,(H,20,21). The van der Waals surface area contributed by atoms with Gasteiger partial charge in [0.1, 0.15) is 0 Å². The van der Waals surface area contributed by atoms with E-state index in [1.54, 1.807) is 11.8 Å². The van der Waals surface area contributed by atoms with Gasteiger partial charge in [-0.3, -0.25) is 4.79 Å². The number of hydrogen-bond donors (Lipinski definition) is 1. The van der Waals surface area contributed by atoms with E-state index in [2.05, 4.69) is 38.2 Å². The SMILES string of the molecule is CCC(NC(=O)c1ccccc1SC(C)C)c1ccccc1. The van der Waals surface area contributed by atoms with E-state index in [0.717, 1.165) is 22.4 Å². The molecule has 1 amide bonds. The molecule has 1 N–H and O–H groups in total. The largest absolute Gasteiger partial charge is 0.345 e. The summed E-state index contributed by atoms with van der Waals surface area (Å²) >= 11 is 1.72. The molecule has 1 unspecified atom stereocenters. The van der Waals surface area contributed by atoms with Crippen LogP contribution in [0, 0.1) is 0 Å². The first-order chi connectivity index (χ1) is 10.6. The fourth-order valence-electron chi connectivity index (χ4n) is 2.35. The van der Waals surface area contributed by atoms with Crippen molar-refractivity contribution in [1.29, 1.82) is 0 Å². The third-order valence-corrected chi connectivity index (χ3v) is 4.49. The molecule has 2 nitrogen and oxygen atoms in total. The molecule has 0 spiro atoms. The normalized spacial score (nSPS) is 12.2. The van der Waals surface area contributed by atoms with Gasteiger partial charge in [0.2, 0.25) is 0 Å². The van der Waals surface area contributed by atoms with Crippen molar-refractivity contribution in [3.63, 3.8) is 0 Å². The number of thioether (sulfide) groups is 1. The molecule has 3 heteroatoms. The molecule has 0 aliphatic carbocycles. The van der Waals surface area contributed by atoms with Crippen molar-refractivity contribution in [3.05, 3.63) is 65.7 Å². The van der Waals surface area contributed by atoms with Crippen LogP contribution in [0.25, 0.3) is 0 Å². The zero-order chi connectivity index (χ0) is 15.9. The molecule has 0 aromatic heterocycles.